The molecule has 3 heterocycles. The van der Waals surface area contributed by atoms with E-state index < -0.39 is 0 Å². The molecule has 3 saturated heterocycles. The van der Waals surface area contributed by atoms with Crippen LogP contribution in [0.2, 0.25) is 0 Å². The van der Waals surface area contributed by atoms with Gasteiger partial charge in [0.1, 0.15) is 5.82 Å². The first kappa shape index (κ1) is 29.9. The van der Waals surface area contributed by atoms with Crippen LogP contribution in [0.25, 0.3) is 0 Å². The molecule has 1 saturated carbocycles. The molecular formula is C35H46FN5O2. The number of anilines is 1. The molecule has 1 unspecified atom stereocenters. The summed E-state index contributed by atoms with van der Waals surface area (Å²) in [5, 5.41) is 12.5. The number of hydrogen-bond donors (Lipinski definition) is 1. The monoisotopic (exact) mass is 587 g/mol. The molecule has 0 spiro atoms. The Kier molecular flexibility index (Phi) is 9.20. The summed E-state index contributed by atoms with van der Waals surface area (Å²) in [4.78, 5) is 20.1. The molecule has 6 rings (SSSR count). The molecule has 2 aromatic carbocycles. The lowest BCUT2D eigenvalue weighted by Crippen LogP contribution is -2.60. The van der Waals surface area contributed by atoms with Gasteiger partial charge >= 0.3 is 6.09 Å². The highest BCUT2D eigenvalue weighted by Crippen LogP contribution is 2.51. The fourth-order valence-electron chi connectivity index (χ4n) is 8.78. The number of piperidine rings is 2. The number of nitrogens with zero attached hydrogens (tertiary/aromatic N) is 4. The number of rotatable bonds is 8. The van der Waals surface area contributed by atoms with E-state index >= 15 is 0 Å². The second kappa shape index (κ2) is 13.2. The van der Waals surface area contributed by atoms with Crippen LogP contribution in [-0.2, 0) is 10.2 Å². The predicted octanol–water partition coefficient (Wildman–Crippen LogP) is 5.55. The summed E-state index contributed by atoms with van der Waals surface area (Å²) >= 11 is 0. The van der Waals surface area contributed by atoms with Crippen molar-refractivity contribution in [2.45, 2.75) is 68.9 Å². The molecule has 7 nitrogen and oxygen atoms in total. The van der Waals surface area contributed by atoms with Crippen LogP contribution in [-0.4, -0.2) is 80.9 Å². The van der Waals surface area contributed by atoms with Crippen LogP contribution in [0.15, 0.2) is 48.5 Å². The Bertz CT molecular complexity index is 1300. The molecule has 1 amide bonds. The number of amides is 1. The first-order valence-electron chi connectivity index (χ1n) is 16.3. The average molecular weight is 588 g/mol. The molecule has 4 fully saturated rings. The van der Waals surface area contributed by atoms with Crippen molar-refractivity contribution >= 4 is 11.8 Å². The van der Waals surface area contributed by atoms with E-state index in [2.05, 4.69) is 38.2 Å². The highest BCUT2D eigenvalue weighted by atomic mass is 19.1. The number of hydrogen-bond acceptors (Lipinski definition) is 6. The van der Waals surface area contributed by atoms with Gasteiger partial charge in [0, 0.05) is 42.8 Å². The number of ether oxygens (including phenoxy) is 1. The van der Waals surface area contributed by atoms with Gasteiger partial charge in [0.25, 0.3) is 0 Å². The zero-order valence-electron chi connectivity index (χ0n) is 25.5. The predicted molar refractivity (Wildman–Crippen MR) is 166 cm³/mol. The zero-order valence-corrected chi connectivity index (χ0v) is 25.5. The Morgan fingerprint density at radius 3 is 2.42 bits per heavy atom. The van der Waals surface area contributed by atoms with Gasteiger partial charge in [0.2, 0.25) is 0 Å². The molecular weight excluding hydrogens is 541 g/mol. The molecule has 3 aliphatic heterocycles. The van der Waals surface area contributed by atoms with Gasteiger partial charge in [-0.3, -0.25) is 0 Å². The van der Waals surface area contributed by atoms with Crippen LogP contribution in [0.1, 0.15) is 62.5 Å². The third kappa shape index (κ3) is 6.25. The maximum Gasteiger partial charge on any atom is 0.407 e. The number of alkyl carbamates (subject to hydrolysis) is 1. The van der Waals surface area contributed by atoms with Crippen LogP contribution >= 0.6 is 0 Å². The summed E-state index contributed by atoms with van der Waals surface area (Å²) in [7, 11) is 1.43. The van der Waals surface area contributed by atoms with E-state index in [9.17, 15) is 14.4 Å². The molecule has 230 valence electrons. The normalized spacial score (nSPS) is 25.5. The van der Waals surface area contributed by atoms with Crippen LogP contribution in [0, 0.1) is 29.0 Å². The van der Waals surface area contributed by atoms with Crippen molar-refractivity contribution in [1.29, 1.82) is 5.26 Å². The highest BCUT2D eigenvalue weighted by molar-refractivity contribution is 5.67. The lowest BCUT2D eigenvalue weighted by Gasteiger charge is -2.54. The number of carbonyl (C=O) groups is 1. The largest absolute Gasteiger partial charge is 0.453 e. The van der Waals surface area contributed by atoms with Crippen LogP contribution in [0.5, 0.6) is 0 Å². The second-order valence-electron chi connectivity index (χ2n) is 13.2. The minimum absolute atomic E-state index is 0.0267. The molecule has 0 radical (unpaired) electrons. The molecule has 1 aliphatic carbocycles. The number of likely N-dealkylation sites (tertiary alicyclic amines) is 2. The Hall–Kier alpha value is -3.15. The third-order valence-corrected chi connectivity index (χ3v) is 11.0. The maximum atomic E-state index is 14.9. The van der Waals surface area contributed by atoms with E-state index in [1.165, 1.54) is 13.5 Å². The topological polar surface area (TPSA) is 71.8 Å². The van der Waals surface area contributed by atoms with Crippen LogP contribution in [0.4, 0.5) is 14.9 Å². The number of nitriles is 1. The Labute approximate surface area is 256 Å². The minimum Gasteiger partial charge on any atom is -0.453 e. The van der Waals surface area contributed by atoms with Gasteiger partial charge in [0.05, 0.1) is 18.7 Å². The van der Waals surface area contributed by atoms with E-state index in [1.807, 2.05) is 24.3 Å². The summed E-state index contributed by atoms with van der Waals surface area (Å²) in [5.74, 6) is 0.466. The molecule has 1 N–H and O–H groups in total. The summed E-state index contributed by atoms with van der Waals surface area (Å²) in [6, 6.07) is 18.2. The van der Waals surface area contributed by atoms with Crippen LogP contribution < -0.4 is 10.2 Å². The smallest absolute Gasteiger partial charge is 0.407 e. The van der Waals surface area contributed by atoms with E-state index in [0.717, 1.165) is 102 Å². The molecule has 8 heteroatoms. The van der Waals surface area contributed by atoms with Gasteiger partial charge in [-0.25, -0.2) is 9.18 Å². The van der Waals surface area contributed by atoms with Crippen molar-refractivity contribution < 1.29 is 13.9 Å². The van der Waals surface area contributed by atoms with Gasteiger partial charge in [-0.15, -0.1) is 0 Å². The van der Waals surface area contributed by atoms with Crippen molar-refractivity contribution in [3.8, 4) is 6.07 Å². The molecule has 4 aliphatic rings. The molecule has 2 aromatic rings. The quantitative estimate of drug-likeness (QED) is 0.437. The molecule has 0 aromatic heterocycles. The maximum absolute atomic E-state index is 14.9. The Morgan fingerprint density at radius 2 is 1.74 bits per heavy atom. The van der Waals surface area contributed by atoms with Crippen molar-refractivity contribution in [1.82, 2.24) is 15.1 Å². The molecule has 0 bridgehead atoms. The summed E-state index contributed by atoms with van der Waals surface area (Å²) in [5.41, 5.74) is 2.74. The average Bonchev–Trinajstić information content (AvgIpc) is 3.49. The first-order valence-corrected chi connectivity index (χ1v) is 16.3. The number of carbonyl (C=O) groups excluding carboxylic acids is 1. The SMILES string of the molecule is COC(=O)N[C@H]1CCC[C@@H]1C(CN1CCC1)(c1cccc(F)c1)C1CCN(C2CCN(c3cccc(C#N)c3)CC2)CC1. The lowest BCUT2D eigenvalue weighted by molar-refractivity contribution is 0.0151. The summed E-state index contributed by atoms with van der Waals surface area (Å²) < 4.78 is 20.0. The van der Waals surface area contributed by atoms with Gasteiger partial charge in [-0.1, -0.05) is 24.6 Å². The van der Waals surface area contributed by atoms with E-state index in [1.54, 1.807) is 12.1 Å². The fourth-order valence-corrected chi connectivity index (χ4v) is 8.78. The van der Waals surface area contributed by atoms with E-state index in [4.69, 9.17) is 4.74 Å². The Morgan fingerprint density at radius 1 is 0.977 bits per heavy atom. The summed E-state index contributed by atoms with van der Waals surface area (Å²) in [6.07, 6.45) is 8.28. The van der Waals surface area contributed by atoms with Crippen LogP contribution in [0.3, 0.4) is 0 Å². The third-order valence-electron chi connectivity index (χ3n) is 11.0. The lowest BCUT2D eigenvalue weighted by atomic mass is 9.57. The van der Waals surface area contributed by atoms with Crippen molar-refractivity contribution in [2.24, 2.45) is 11.8 Å². The van der Waals surface area contributed by atoms with E-state index in [-0.39, 0.29) is 29.3 Å². The van der Waals surface area contributed by atoms with Gasteiger partial charge < -0.3 is 24.8 Å². The fraction of sp³-hybridized carbons (Fsp3) is 0.600. The zero-order chi connectivity index (χ0) is 29.8. The number of benzene rings is 2. The number of halogens is 1. The number of nitrogens with one attached hydrogen (secondary N) is 1. The number of methoxy groups -OCH3 is 1. The van der Waals surface area contributed by atoms with Gasteiger partial charge in [-0.05, 0) is 119 Å². The van der Waals surface area contributed by atoms with Gasteiger partial charge in [0.15, 0.2) is 0 Å². The molecule has 3 atom stereocenters. The van der Waals surface area contributed by atoms with Crippen molar-refractivity contribution in [2.75, 3.05) is 57.8 Å². The van der Waals surface area contributed by atoms with E-state index in [0.29, 0.717) is 17.5 Å². The second-order valence-corrected chi connectivity index (χ2v) is 13.2. The summed E-state index contributed by atoms with van der Waals surface area (Å²) in [6.45, 7) is 7.22. The minimum atomic E-state index is -0.366. The van der Waals surface area contributed by atoms with Gasteiger partial charge in [-0.2, -0.15) is 5.26 Å². The first-order chi connectivity index (χ1) is 21.0. The highest BCUT2D eigenvalue weighted by Gasteiger charge is 2.53. The van der Waals surface area contributed by atoms with Crippen molar-refractivity contribution in [3.05, 3.63) is 65.5 Å². The molecule has 43 heavy (non-hydrogen) atoms. The Balaban J connectivity index is 1.21. The van der Waals surface area contributed by atoms with Crippen molar-refractivity contribution in [3.63, 3.8) is 0 Å². The standard InChI is InChI=1S/C35H46FN5O2/c1-43-34(42)38-33-11-4-10-32(33)35(25-39-16-5-17-39,28-7-3-8-29(36)23-28)27-12-18-40(19-13-27)30-14-20-41(21-15-30)31-9-2-6-26(22-31)24-37/h2-3,6-9,22-23,27,30,32-33H,4-5,10-21,25H2,1H3,(H,38,42)/t32-,33-,35?/m0/s1.